The van der Waals surface area contributed by atoms with Gasteiger partial charge in [0, 0.05) is 14.1 Å². The van der Waals surface area contributed by atoms with E-state index in [-0.39, 0.29) is 6.03 Å². The summed E-state index contributed by atoms with van der Waals surface area (Å²) in [7, 11) is 3.25. The number of primary amides is 1. The Labute approximate surface area is 133 Å². The average molecular weight is 330 g/mol. The van der Waals surface area contributed by atoms with Crippen LogP contribution in [0.4, 0.5) is 9.80 Å². The molecule has 6 nitrogen and oxygen atoms in total. The molecule has 0 radical (unpaired) electrons. The predicted molar refractivity (Wildman–Crippen MR) is 88.1 cm³/mol. The molecule has 0 aliphatic heterocycles. The van der Waals surface area contributed by atoms with Crippen molar-refractivity contribution in [2.45, 2.75) is 31.7 Å². The zero-order valence-electron chi connectivity index (χ0n) is 12.8. The van der Waals surface area contributed by atoms with Gasteiger partial charge in [0.1, 0.15) is 15.6 Å². The number of aromatic nitrogens is 1. The quantitative estimate of drug-likeness (QED) is 0.594. The van der Waals surface area contributed by atoms with Gasteiger partial charge in [0.15, 0.2) is 0 Å². The van der Waals surface area contributed by atoms with Gasteiger partial charge >= 0.3 is 6.03 Å². The lowest BCUT2D eigenvalue weighted by atomic mass is 10.1. The van der Waals surface area contributed by atoms with E-state index in [4.69, 9.17) is 5.73 Å². The average Bonchev–Trinajstić information content (AvgIpc) is 2.77. The van der Waals surface area contributed by atoms with Gasteiger partial charge in [-0.1, -0.05) is 20.3 Å². The van der Waals surface area contributed by atoms with Gasteiger partial charge in [-0.15, -0.1) is 11.8 Å². The van der Waals surface area contributed by atoms with Crippen molar-refractivity contribution < 1.29 is 9.59 Å². The molecule has 3 amide bonds. The van der Waals surface area contributed by atoms with Gasteiger partial charge in [-0.2, -0.15) is 4.37 Å². The number of urea groups is 1. The minimum atomic E-state index is -0.566. The summed E-state index contributed by atoms with van der Waals surface area (Å²) in [6, 6.07) is -0.308. The molecule has 3 N–H and O–H groups in total. The molecule has 0 saturated carbocycles. The lowest BCUT2D eigenvalue weighted by Gasteiger charge is -2.11. The van der Waals surface area contributed by atoms with Crippen LogP contribution in [0, 0.1) is 5.92 Å². The summed E-state index contributed by atoms with van der Waals surface area (Å²) >= 11 is 2.59. The summed E-state index contributed by atoms with van der Waals surface area (Å²) < 4.78 is 4.24. The Morgan fingerprint density at radius 1 is 1.43 bits per heavy atom. The van der Waals surface area contributed by atoms with Crippen molar-refractivity contribution in [1.82, 2.24) is 9.27 Å². The van der Waals surface area contributed by atoms with Crippen LogP contribution in [0.2, 0.25) is 0 Å². The SMILES string of the molecule is CC(C)CCCSc1nsc(NC(=O)N(C)C)c1C(N)=O. The fraction of sp³-hybridized carbons (Fsp3) is 0.615. The van der Waals surface area contributed by atoms with E-state index in [9.17, 15) is 9.59 Å². The number of carbonyl (C=O) groups is 2. The molecular formula is C13H22N4O2S2. The fourth-order valence-corrected chi connectivity index (χ4v) is 3.47. The second-order valence-electron chi connectivity index (χ2n) is 5.27. The Kier molecular flexibility index (Phi) is 6.97. The Hall–Kier alpha value is -1.28. The molecule has 21 heavy (non-hydrogen) atoms. The van der Waals surface area contributed by atoms with Crippen LogP contribution in [0.5, 0.6) is 0 Å². The molecule has 1 aromatic rings. The normalized spacial score (nSPS) is 10.7. The number of anilines is 1. The largest absolute Gasteiger partial charge is 0.365 e. The number of carbonyl (C=O) groups excluding carboxylic acids is 2. The van der Waals surface area contributed by atoms with E-state index in [2.05, 4.69) is 23.5 Å². The Morgan fingerprint density at radius 2 is 2.10 bits per heavy atom. The second-order valence-corrected chi connectivity index (χ2v) is 7.12. The number of hydrogen-bond donors (Lipinski definition) is 2. The minimum Gasteiger partial charge on any atom is -0.365 e. The van der Waals surface area contributed by atoms with E-state index in [0.717, 1.165) is 30.1 Å². The van der Waals surface area contributed by atoms with Crippen LogP contribution in [-0.2, 0) is 0 Å². The zero-order chi connectivity index (χ0) is 16.0. The number of nitrogens with two attached hydrogens (primary N) is 1. The van der Waals surface area contributed by atoms with Crippen LogP contribution in [0.25, 0.3) is 0 Å². The molecule has 0 aromatic carbocycles. The molecule has 0 bridgehead atoms. The topological polar surface area (TPSA) is 88.3 Å². The van der Waals surface area contributed by atoms with Gasteiger partial charge in [0.05, 0.1) is 0 Å². The third kappa shape index (κ3) is 5.55. The maximum absolute atomic E-state index is 11.7. The molecule has 0 atom stereocenters. The first-order valence-electron chi connectivity index (χ1n) is 6.73. The van der Waals surface area contributed by atoms with Gasteiger partial charge in [-0.25, -0.2) is 4.79 Å². The first kappa shape index (κ1) is 17.8. The molecule has 1 rings (SSSR count). The molecule has 0 fully saturated rings. The monoisotopic (exact) mass is 330 g/mol. The molecule has 1 heterocycles. The highest BCUT2D eigenvalue weighted by Crippen LogP contribution is 2.32. The van der Waals surface area contributed by atoms with Crippen molar-refractivity contribution in [2.24, 2.45) is 11.7 Å². The molecule has 0 unspecified atom stereocenters. The van der Waals surface area contributed by atoms with Gasteiger partial charge in [0.25, 0.3) is 5.91 Å². The lowest BCUT2D eigenvalue weighted by molar-refractivity contribution is 0.0998. The van der Waals surface area contributed by atoms with Crippen molar-refractivity contribution >= 4 is 40.2 Å². The van der Waals surface area contributed by atoms with Crippen LogP contribution >= 0.6 is 23.3 Å². The Bertz CT molecular complexity index is 500. The van der Waals surface area contributed by atoms with Crippen molar-refractivity contribution in [3.8, 4) is 0 Å². The maximum atomic E-state index is 11.7. The van der Waals surface area contributed by atoms with Crippen LogP contribution < -0.4 is 11.1 Å². The van der Waals surface area contributed by atoms with Crippen LogP contribution in [0.15, 0.2) is 5.03 Å². The standard InChI is InChI=1S/C13H22N4O2S2/c1-8(2)6-5-7-20-12-9(10(14)18)11(21-16-12)15-13(19)17(3)4/h8H,5-7H2,1-4H3,(H2,14,18)(H,15,19). The van der Waals surface area contributed by atoms with Crippen molar-refractivity contribution in [1.29, 1.82) is 0 Å². The van der Waals surface area contributed by atoms with Gasteiger partial charge in [-0.05, 0) is 29.6 Å². The maximum Gasteiger partial charge on any atom is 0.321 e. The molecule has 1 aromatic heterocycles. The third-order valence-corrected chi connectivity index (χ3v) is 4.64. The molecule has 0 aliphatic carbocycles. The molecule has 0 aliphatic rings. The number of amides is 3. The van der Waals surface area contributed by atoms with E-state index in [0.29, 0.717) is 21.5 Å². The number of hydrogen-bond acceptors (Lipinski definition) is 5. The van der Waals surface area contributed by atoms with E-state index >= 15 is 0 Å². The highest BCUT2D eigenvalue weighted by Gasteiger charge is 2.21. The van der Waals surface area contributed by atoms with Crippen molar-refractivity contribution in [3.63, 3.8) is 0 Å². The van der Waals surface area contributed by atoms with E-state index in [1.807, 2.05) is 0 Å². The van der Waals surface area contributed by atoms with Gasteiger partial charge in [0.2, 0.25) is 0 Å². The fourth-order valence-electron chi connectivity index (χ4n) is 1.55. The van der Waals surface area contributed by atoms with Crippen LogP contribution in [0.1, 0.15) is 37.0 Å². The minimum absolute atomic E-state index is 0.308. The summed E-state index contributed by atoms with van der Waals surface area (Å²) in [6.07, 6.45) is 2.19. The van der Waals surface area contributed by atoms with Crippen molar-refractivity contribution in [3.05, 3.63) is 5.56 Å². The Balaban J connectivity index is 2.75. The summed E-state index contributed by atoms with van der Waals surface area (Å²) in [4.78, 5) is 24.7. The van der Waals surface area contributed by atoms with E-state index in [1.54, 1.807) is 14.1 Å². The highest BCUT2D eigenvalue weighted by atomic mass is 32.2. The van der Waals surface area contributed by atoms with E-state index < -0.39 is 5.91 Å². The van der Waals surface area contributed by atoms with Gasteiger partial charge in [-0.3, -0.25) is 10.1 Å². The molecule has 118 valence electrons. The molecule has 0 saturated heterocycles. The van der Waals surface area contributed by atoms with Crippen LogP contribution in [-0.4, -0.2) is 41.1 Å². The lowest BCUT2D eigenvalue weighted by Crippen LogP contribution is -2.28. The first-order valence-corrected chi connectivity index (χ1v) is 8.49. The number of nitrogens with zero attached hydrogens (tertiary/aromatic N) is 2. The summed E-state index contributed by atoms with van der Waals surface area (Å²) in [5.41, 5.74) is 5.72. The molecular weight excluding hydrogens is 308 g/mol. The number of rotatable bonds is 7. The zero-order valence-corrected chi connectivity index (χ0v) is 14.4. The van der Waals surface area contributed by atoms with Gasteiger partial charge < -0.3 is 10.6 Å². The highest BCUT2D eigenvalue weighted by molar-refractivity contribution is 7.99. The predicted octanol–water partition coefficient (Wildman–Crippen LogP) is 2.86. The number of thioether (sulfide) groups is 1. The molecule has 0 spiro atoms. The summed E-state index contributed by atoms with van der Waals surface area (Å²) in [6.45, 7) is 4.36. The number of nitrogens with one attached hydrogen (secondary N) is 1. The van der Waals surface area contributed by atoms with E-state index in [1.165, 1.54) is 16.7 Å². The smallest absolute Gasteiger partial charge is 0.321 e. The third-order valence-electron chi connectivity index (χ3n) is 2.70. The first-order chi connectivity index (χ1) is 9.82. The summed E-state index contributed by atoms with van der Waals surface area (Å²) in [5.74, 6) is 0.972. The second kappa shape index (κ2) is 8.23. The Morgan fingerprint density at radius 3 is 2.62 bits per heavy atom. The molecule has 8 heteroatoms. The van der Waals surface area contributed by atoms with Crippen molar-refractivity contribution in [2.75, 3.05) is 25.2 Å². The van der Waals surface area contributed by atoms with Crippen LogP contribution in [0.3, 0.4) is 0 Å². The summed E-state index contributed by atoms with van der Waals surface area (Å²) in [5, 5.41) is 3.66.